The Bertz CT molecular complexity index is 316. The standard InChI is InChI=1S/C15H25N/c1-11(2)12-7-9-13(10-8-12)14(16-6)15(3,4)5/h7-11,14,16H,1-6H3. The van der Waals surface area contributed by atoms with Crippen molar-refractivity contribution in [2.24, 2.45) is 5.41 Å². The number of rotatable bonds is 3. The van der Waals surface area contributed by atoms with Crippen LogP contribution in [0, 0.1) is 5.41 Å². The van der Waals surface area contributed by atoms with E-state index in [4.69, 9.17) is 0 Å². The maximum atomic E-state index is 3.41. The third-order valence-corrected chi connectivity index (χ3v) is 3.09. The molecule has 90 valence electrons. The van der Waals surface area contributed by atoms with Crippen LogP contribution < -0.4 is 5.32 Å². The van der Waals surface area contributed by atoms with Gasteiger partial charge in [-0.25, -0.2) is 0 Å². The fourth-order valence-corrected chi connectivity index (χ4v) is 2.17. The van der Waals surface area contributed by atoms with Crippen LogP contribution in [-0.4, -0.2) is 7.05 Å². The topological polar surface area (TPSA) is 12.0 Å². The fraction of sp³-hybridized carbons (Fsp3) is 0.600. The smallest absolute Gasteiger partial charge is 0.0366 e. The number of benzene rings is 1. The predicted molar refractivity (Wildman–Crippen MR) is 71.8 cm³/mol. The summed E-state index contributed by atoms with van der Waals surface area (Å²) in [6, 6.07) is 9.41. The Kier molecular flexibility index (Phi) is 4.15. The van der Waals surface area contributed by atoms with Crippen LogP contribution in [0.2, 0.25) is 0 Å². The molecule has 1 aromatic rings. The van der Waals surface area contributed by atoms with Gasteiger partial charge in [-0.05, 0) is 29.5 Å². The lowest BCUT2D eigenvalue weighted by Gasteiger charge is -2.31. The first kappa shape index (κ1) is 13.2. The van der Waals surface area contributed by atoms with Gasteiger partial charge in [0, 0.05) is 6.04 Å². The zero-order valence-electron chi connectivity index (χ0n) is 11.5. The van der Waals surface area contributed by atoms with Crippen molar-refractivity contribution in [3.05, 3.63) is 35.4 Å². The maximum absolute atomic E-state index is 3.41. The average molecular weight is 219 g/mol. The lowest BCUT2D eigenvalue weighted by molar-refractivity contribution is 0.287. The van der Waals surface area contributed by atoms with Crippen LogP contribution in [0.3, 0.4) is 0 Å². The van der Waals surface area contributed by atoms with E-state index < -0.39 is 0 Å². The summed E-state index contributed by atoms with van der Waals surface area (Å²) in [6.45, 7) is 11.3. The molecule has 16 heavy (non-hydrogen) atoms. The molecular formula is C15H25N. The molecule has 1 rings (SSSR count). The molecule has 0 aliphatic carbocycles. The van der Waals surface area contributed by atoms with E-state index in [1.54, 1.807) is 0 Å². The molecule has 0 fully saturated rings. The third-order valence-electron chi connectivity index (χ3n) is 3.09. The molecule has 0 aliphatic rings. The summed E-state index contributed by atoms with van der Waals surface area (Å²) in [7, 11) is 2.03. The van der Waals surface area contributed by atoms with Crippen LogP contribution in [0.15, 0.2) is 24.3 Å². The van der Waals surface area contributed by atoms with E-state index in [0.717, 1.165) is 0 Å². The van der Waals surface area contributed by atoms with Gasteiger partial charge in [0.15, 0.2) is 0 Å². The van der Waals surface area contributed by atoms with E-state index in [9.17, 15) is 0 Å². The van der Waals surface area contributed by atoms with Crippen LogP contribution in [0.25, 0.3) is 0 Å². The molecule has 0 aliphatic heterocycles. The predicted octanol–water partition coefficient (Wildman–Crippen LogP) is 4.12. The minimum Gasteiger partial charge on any atom is -0.313 e. The van der Waals surface area contributed by atoms with Gasteiger partial charge in [0.05, 0.1) is 0 Å². The van der Waals surface area contributed by atoms with Crippen LogP contribution in [0.5, 0.6) is 0 Å². The van der Waals surface area contributed by atoms with Crippen LogP contribution in [-0.2, 0) is 0 Å². The molecule has 1 unspecified atom stereocenters. The van der Waals surface area contributed by atoms with Crippen molar-refractivity contribution in [3.63, 3.8) is 0 Å². The third kappa shape index (κ3) is 3.08. The molecule has 1 N–H and O–H groups in total. The molecule has 1 atom stereocenters. The minimum atomic E-state index is 0.244. The molecule has 0 amide bonds. The van der Waals surface area contributed by atoms with Crippen molar-refractivity contribution < 1.29 is 0 Å². The largest absolute Gasteiger partial charge is 0.313 e. The zero-order valence-corrected chi connectivity index (χ0v) is 11.5. The molecule has 0 bridgehead atoms. The van der Waals surface area contributed by atoms with Gasteiger partial charge in [-0.2, -0.15) is 0 Å². The number of hydrogen-bond donors (Lipinski definition) is 1. The van der Waals surface area contributed by atoms with Gasteiger partial charge >= 0.3 is 0 Å². The average Bonchev–Trinajstić information content (AvgIpc) is 2.17. The Morgan fingerprint density at radius 2 is 1.38 bits per heavy atom. The molecule has 0 spiro atoms. The van der Waals surface area contributed by atoms with Gasteiger partial charge in [0.2, 0.25) is 0 Å². The van der Waals surface area contributed by atoms with Crippen molar-refractivity contribution in [3.8, 4) is 0 Å². The molecule has 0 saturated carbocycles. The Labute approximate surface area is 100 Å². The first-order valence-electron chi connectivity index (χ1n) is 6.13. The van der Waals surface area contributed by atoms with Crippen molar-refractivity contribution in [1.82, 2.24) is 5.32 Å². The van der Waals surface area contributed by atoms with Crippen molar-refractivity contribution in [2.45, 2.75) is 46.6 Å². The molecule has 0 heterocycles. The van der Waals surface area contributed by atoms with Crippen molar-refractivity contribution >= 4 is 0 Å². The van der Waals surface area contributed by atoms with Gasteiger partial charge in [-0.3, -0.25) is 0 Å². The SMILES string of the molecule is CNC(c1ccc(C(C)C)cc1)C(C)(C)C. The highest BCUT2D eigenvalue weighted by atomic mass is 14.9. The number of hydrogen-bond acceptors (Lipinski definition) is 1. The zero-order chi connectivity index (χ0) is 12.3. The van der Waals surface area contributed by atoms with Gasteiger partial charge in [0.1, 0.15) is 0 Å². The van der Waals surface area contributed by atoms with Gasteiger partial charge in [0.25, 0.3) is 0 Å². The summed E-state index contributed by atoms with van der Waals surface area (Å²) in [5.74, 6) is 0.608. The second-order valence-electron chi connectivity index (χ2n) is 5.91. The fourth-order valence-electron chi connectivity index (χ4n) is 2.17. The molecule has 0 aromatic heterocycles. The van der Waals surface area contributed by atoms with Gasteiger partial charge in [-0.1, -0.05) is 58.9 Å². The highest BCUT2D eigenvalue weighted by Gasteiger charge is 2.24. The minimum absolute atomic E-state index is 0.244. The first-order chi connectivity index (χ1) is 7.36. The number of nitrogens with one attached hydrogen (secondary N) is 1. The first-order valence-corrected chi connectivity index (χ1v) is 6.13. The second-order valence-corrected chi connectivity index (χ2v) is 5.91. The second kappa shape index (κ2) is 5.01. The van der Waals surface area contributed by atoms with Gasteiger partial charge in [-0.15, -0.1) is 0 Å². The summed E-state index contributed by atoms with van der Waals surface area (Å²) in [4.78, 5) is 0. The van der Waals surface area contributed by atoms with Crippen molar-refractivity contribution in [1.29, 1.82) is 0 Å². The normalized spacial score (nSPS) is 14.2. The quantitative estimate of drug-likeness (QED) is 0.806. The molecule has 1 nitrogen and oxygen atoms in total. The monoisotopic (exact) mass is 219 g/mol. The Morgan fingerprint density at radius 1 is 0.938 bits per heavy atom. The summed E-state index contributed by atoms with van der Waals surface area (Å²) in [5, 5.41) is 3.41. The van der Waals surface area contributed by atoms with E-state index in [1.807, 2.05) is 7.05 Å². The summed E-state index contributed by atoms with van der Waals surface area (Å²) < 4.78 is 0. The van der Waals surface area contributed by atoms with Crippen LogP contribution >= 0.6 is 0 Å². The van der Waals surface area contributed by atoms with Gasteiger partial charge < -0.3 is 5.32 Å². The highest BCUT2D eigenvalue weighted by molar-refractivity contribution is 5.27. The Hall–Kier alpha value is -0.820. The summed E-state index contributed by atoms with van der Waals surface area (Å²) >= 11 is 0. The highest BCUT2D eigenvalue weighted by Crippen LogP contribution is 2.32. The van der Waals surface area contributed by atoms with Crippen LogP contribution in [0.1, 0.15) is 57.7 Å². The van der Waals surface area contributed by atoms with Crippen molar-refractivity contribution in [2.75, 3.05) is 7.05 Å². The molecule has 1 heteroatoms. The lowest BCUT2D eigenvalue weighted by Crippen LogP contribution is -2.29. The van der Waals surface area contributed by atoms with E-state index in [2.05, 4.69) is 64.2 Å². The summed E-state index contributed by atoms with van der Waals surface area (Å²) in [5.41, 5.74) is 3.03. The Balaban J connectivity index is 2.96. The molecule has 0 radical (unpaired) electrons. The van der Waals surface area contributed by atoms with E-state index in [0.29, 0.717) is 12.0 Å². The summed E-state index contributed by atoms with van der Waals surface area (Å²) in [6.07, 6.45) is 0. The molecule has 1 aromatic carbocycles. The van der Waals surface area contributed by atoms with E-state index in [-0.39, 0.29) is 5.41 Å². The maximum Gasteiger partial charge on any atom is 0.0366 e. The molecule has 0 saturated heterocycles. The van der Waals surface area contributed by atoms with Crippen LogP contribution in [0.4, 0.5) is 0 Å². The molecular weight excluding hydrogens is 194 g/mol. The lowest BCUT2D eigenvalue weighted by atomic mass is 9.82. The van der Waals surface area contributed by atoms with E-state index >= 15 is 0 Å². The van der Waals surface area contributed by atoms with E-state index in [1.165, 1.54) is 11.1 Å². The Morgan fingerprint density at radius 3 is 1.69 bits per heavy atom.